The molecule has 3 N–H and O–H groups in total. The summed E-state index contributed by atoms with van der Waals surface area (Å²) in [5.74, 6) is 3.32. The van der Waals surface area contributed by atoms with Gasteiger partial charge in [-0.3, -0.25) is 0 Å². The van der Waals surface area contributed by atoms with Crippen LogP contribution in [0.4, 0.5) is 0 Å². The molecule has 2 aromatic carbocycles. The highest BCUT2D eigenvalue weighted by Gasteiger charge is 2.22. The molecule has 0 aliphatic carbocycles. The molecule has 0 unspecified atom stereocenters. The Kier molecular flexibility index (Phi) is 4.59. The Morgan fingerprint density at radius 2 is 1.77 bits per heavy atom. The summed E-state index contributed by atoms with van der Waals surface area (Å²) in [6, 6.07) is 12.6. The lowest BCUT2D eigenvalue weighted by molar-refractivity contribution is 0.0691. The van der Waals surface area contributed by atoms with E-state index >= 15 is 0 Å². The Labute approximate surface area is 127 Å². The molecule has 7 heteroatoms. The van der Waals surface area contributed by atoms with Crippen molar-refractivity contribution in [2.24, 2.45) is 5.90 Å². The Morgan fingerprint density at radius 1 is 1.09 bits per heavy atom. The van der Waals surface area contributed by atoms with Gasteiger partial charge in [0.25, 0.3) is 0 Å². The second-order valence-electron chi connectivity index (χ2n) is 4.31. The van der Waals surface area contributed by atoms with Crippen molar-refractivity contribution in [3.63, 3.8) is 0 Å². The zero-order valence-electron chi connectivity index (χ0n) is 11.3. The van der Waals surface area contributed by atoms with E-state index in [2.05, 4.69) is 4.84 Å². The molecule has 2 rings (SSSR count). The zero-order valence-corrected chi connectivity index (χ0v) is 12.2. The number of rotatable bonds is 5. The average Bonchev–Trinajstić information content (AvgIpc) is 2.53. The van der Waals surface area contributed by atoms with E-state index in [1.807, 2.05) is 6.07 Å². The molecule has 0 aromatic heterocycles. The summed E-state index contributed by atoms with van der Waals surface area (Å²) in [4.78, 5) is 15.3. The molecular formula is C15H13NO5S. The Hall–Kier alpha value is -2.64. The maximum Gasteiger partial charge on any atom is 0.339 e. The number of hydrogen-bond donors (Lipinski definition) is 2. The van der Waals surface area contributed by atoms with E-state index in [1.54, 1.807) is 24.3 Å². The summed E-state index contributed by atoms with van der Waals surface area (Å²) in [7, 11) is -3.91. The number of para-hydroxylation sites is 1. The van der Waals surface area contributed by atoms with E-state index in [-0.39, 0.29) is 10.5 Å². The molecule has 0 aliphatic rings. The van der Waals surface area contributed by atoms with Crippen molar-refractivity contribution in [1.82, 2.24) is 0 Å². The number of benzene rings is 2. The van der Waals surface area contributed by atoms with Gasteiger partial charge < -0.3 is 9.94 Å². The molecule has 0 saturated carbocycles. The predicted octanol–water partition coefficient (Wildman–Crippen LogP) is 2.08. The van der Waals surface area contributed by atoms with Crippen LogP contribution < -0.4 is 10.7 Å². The van der Waals surface area contributed by atoms with Gasteiger partial charge in [-0.05, 0) is 23.8 Å². The monoisotopic (exact) mass is 319 g/mol. The maximum atomic E-state index is 12.3. The number of nitrogens with two attached hydrogens (primary N) is 1. The second kappa shape index (κ2) is 6.42. The van der Waals surface area contributed by atoms with Crippen LogP contribution in [-0.4, -0.2) is 19.5 Å². The molecule has 0 radical (unpaired) electrons. The molecule has 2 aromatic rings. The molecule has 0 atom stereocenters. The standard InChI is InChI=1S/C15H13NO5S/c16-21-14-12(15(17)18)7-4-8-13(14)22(19,20)10-9-11-5-2-1-3-6-11/h1-10H,16H2,(H,17,18). The highest BCUT2D eigenvalue weighted by atomic mass is 32.2. The first-order chi connectivity index (χ1) is 10.5. The third-order valence-electron chi connectivity index (χ3n) is 2.87. The second-order valence-corrected chi connectivity index (χ2v) is 6.12. The van der Waals surface area contributed by atoms with Gasteiger partial charge in [0.15, 0.2) is 5.75 Å². The fourth-order valence-electron chi connectivity index (χ4n) is 1.84. The minimum atomic E-state index is -3.91. The normalized spacial score (nSPS) is 11.5. The number of carboxylic acid groups (broad SMARTS) is 1. The minimum absolute atomic E-state index is 0.304. The molecule has 0 spiro atoms. The SMILES string of the molecule is NOc1c(C(=O)O)cccc1S(=O)(=O)C=Cc1ccccc1. The van der Waals surface area contributed by atoms with E-state index < -0.39 is 21.6 Å². The van der Waals surface area contributed by atoms with Crippen LogP contribution in [0.25, 0.3) is 6.08 Å². The molecule has 0 fully saturated rings. The summed E-state index contributed by atoms with van der Waals surface area (Å²) in [6.45, 7) is 0. The minimum Gasteiger partial charge on any atom is -0.478 e. The fourth-order valence-corrected chi connectivity index (χ4v) is 3.00. The van der Waals surface area contributed by atoms with Gasteiger partial charge in [0.1, 0.15) is 10.5 Å². The molecule has 0 amide bonds. The van der Waals surface area contributed by atoms with Crippen LogP contribution in [0.3, 0.4) is 0 Å². The van der Waals surface area contributed by atoms with E-state index in [1.165, 1.54) is 24.3 Å². The first-order valence-corrected chi connectivity index (χ1v) is 7.71. The smallest absolute Gasteiger partial charge is 0.339 e. The Bertz CT molecular complexity index is 813. The molecule has 0 bridgehead atoms. The lowest BCUT2D eigenvalue weighted by Crippen LogP contribution is -2.12. The summed E-state index contributed by atoms with van der Waals surface area (Å²) in [5, 5.41) is 10.0. The first-order valence-electron chi connectivity index (χ1n) is 6.17. The van der Waals surface area contributed by atoms with Gasteiger partial charge in [0, 0.05) is 5.41 Å². The number of sulfone groups is 1. The van der Waals surface area contributed by atoms with Crippen LogP contribution in [0.15, 0.2) is 58.8 Å². The van der Waals surface area contributed by atoms with Crippen molar-refractivity contribution in [3.8, 4) is 5.75 Å². The molecule has 6 nitrogen and oxygen atoms in total. The Balaban J connectivity index is 2.48. The molecule has 0 saturated heterocycles. The highest BCUT2D eigenvalue weighted by Crippen LogP contribution is 2.29. The van der Waals surface area contributed by atoms with Crippen molar-refractivity contribution in [2.45, 2.75) is 4.90 Å². The summed E-state index contributed by atoms with van der Waals surface area (Å²) < 4.78 is 24.7. The van der Waals surface area contributed by atoms with Gasteiger partial charge >= 0.3 is 5.97 Å². The number of hydrogen-bond acceptors (Lipinski definition) is 5. The largest absolute Gasteiger partial charge is 0.478 e. The quantitative estimate of drug-likeness (QED) is 0.817. The topological polar surface area (TPSA) is 107 Å². The van der Waals surface area contributed by atoms with Gasteiger partial charge in [-0.1, -0.05) is 36.4 Å². The fraction of sp³-hybridized carbons (Fsp3) is 0. The molecular weight excluding hydrogens is 306 g/mol. The van der Waals surface area contributed by atoms with Crippen LogP contribution in [-0.2, 0) is 9.84 Å². The molecule has 22 heavy (non-hydrogen) atoms. The van der Waals surface area contributed by atoms with Crippen molar-refractivity contribution in [2.75, 3.05) is 0 Å². The lowest BCUT2D eigenvalue weighted by Gasteiger charge is -2.08. The third-order valence-corrected chi connectivity index (χ3v) is 4.30. The van der Waals surface area contributed by atoms with Gasteiger partial charge in [0.05, 0.1) is 0 Å². The van der Waals surface area contributed by atoms with Crippen LogP contribution in [0.2, 0.25) is 0 Å². The Morgan fingerprint density at radius 3 is 2.36 bits per heavy atom. The highest BCUT2D eigenvalue weighted by molar-refractivity contribution is 7.94. The summed E-state index contributed by atoms with van der Waals surface area (Å²) in [6.07, 6.45) is 1.41. The van der Waals surface area contributed by atoms with Crippen molar-refractivity contribution < 1.29 is 23.2 Å². The molecule has 114 valence electrons. The predicted molar refractivity (Wildman–Crippen MR) is 80.9 cm³/mol. The van der Waals surface area contributed by atoms with Crippen LogP contribution in [0, 0.1) is 0 Å². The van der Waals surface area contributed by atoms with Crippen molar-refractivity contribution in [3.05, 3.63) is 65.1 Å². The van der Waals surface area contributed by atoms with Gasteiger partial charge in [-0.2, -0.15) is 5.90 Å². The van der Waals surface area contributed by atoms with Crippen LogP contribution >= 0.6 is 0 Å². The summed E-state index contributed by atoms with van der Waals surface area (Å²) in [5.41, 5.74) is 0.368. The average molecular weight is 319 g/mol. The lowest BCUT2D eigenvalue weighted by atomic mass is 10.2. The number of carbonyl (C=O) groups is 1. The van der Waals surface area contributed by atoms with Crippen molar-refractivity contribution >= 4 is 21.9 Å². The summed E-state index contributed by atoms with van der Waals surface area (Å²) >= 11 is 0. The maximum absolute atomic E-state index is 12.3. The van der Waals surface area contributed by atoms with Crippen LogP contribution in [0.1, 0.15) is 15.9 Å². The van der Waals surface area contributed by atoms with E-state index in [0.717, 1.165) is 5.41 Å². The van der Waals surface area contributed by atoms with Gasteiger partial charge in [-0.25, -0.2) is 13.2 Å². The zero-order chi connectivity index (χ0) is 16.2. The molecule has 0 aliphatic heterocycles. The number of aromatic carboxylic acids is 1. The van der Waals surface area contributed by atoms with E-state index in [0.29, 0.717) is 5.56 Å². The van der Waals surface area contributed by atoms with E-state index in [4.69, 9.17) is 11.0 Å². The van der Waals surface area contributed by atoms with Gasteiger partial charge in [-0.15, -0.1) is 0 Å². The van der Waals surface area contributed by atoms with Crippen molar-refractivity contribution in [1.29, 1.82) is 0 Å². The molecule has 0 heterocycles. The third kappa shape index (κ3) is 3.33. The van der Waals surface area contributed by atoms with E-state index in [9.17, 15) is 13.2 Å². The van der Waals surface area contributed by atoms with Crippen LogP contribution in [0.5, 0.6) is 5.75 Å². The van der Waals surface area contributed by atoms with Gasteiger partial charge in [0.2, 0.25) is 9.84 Å². The first kappa shape index (κ1) is 15.7. The number of carboxylic acids is 1.